The summed E-state index contributed by atoms with van der Waals surface area (Å²) in [5.41, 5.74) is 0. The van der Waals surface area contributed by atoms with E-state index in [1.807, 2.05) is 12.1 Å². The predicted octanol–water partition coefficient (Wildman–Crippen LogP) is 2.73. The molecule has 0 radical (unpaired) electrons. The summed E-state index contributed by atoms with van der Waals surface area (Å²) in [6, 6.07) is 3.65. The molecular formula is C10H6O2S2. The standard InChI is InChI=1S/C10H6O2S2/c11-6-9-2-1-7(13-9)5-8-3-4-10(12)14-8/h1-6H/b8-5-. The van der Waals surface area contributed by atoms with Crippen molar-refractivity contribution in [2.45, 2.75) is 0 Å². The minimum atomic E-state index is 0.0587. The van der Waals surface area contributed by atoms with Gasteiger partial charge in [-0.25, -0.2) is 0 Å². The molecule has 4 heteroatoms. The Bertz CT molecular complexity index is 441. The normalized spacial score (nSPS) is 18.0. The van der Waals surface area contributed by atoms with Gasteiger partial charge in [0, 0.05) is 9.78 Å². The van der Waals surface area contributed by atoms with Crippen molar-refractivity contribution in [3.8, 4) is 0 Å². The quantitative estimate of drug-likeness (QED) is 0.721. The van der Waals surface area contributed by atoms with Crippen molar-refractivity contribution in [3.63, 3.8) is 0 Å². The van der Waals surface area contributed by atoms with Crippen molar-refractivity contribution >= 4 is 40.6 Å². The summed E-state index contributed by atoms with van der Waals surface area (Å²) in [7, 11) is 0. The summed E-state index contributed by atoms with van der Waals surface area (Å²) in [6.07, 6.45) is 6.07. The Morgan fingerprint density at radius 2 is 1.93 bits per heavy atom. The zero-order chi connectivity index (χ0) is 9.97. The van der Waals surface area contributed by atoms with Gasteiger partial charge in [0.2, 0.25) is 5.12 Å². The van der Waals surface area contributed by atoms with E-state index < -0.39 is 0 Å². The summed E-state index contributed by atoms with van der Waals surface area (Å²) in [6.45, 7) is 0. The van der Waals surface area contributed by atoms with Crippen LogP contribution in [0.4, 0.5) is 0 Å². The Morgan fingerprint density at radius 1 is 1.14 bits per heavy atom. The van der Waals surface area contributed by atoms with E-state index in [0.717, 1.165) is 16.1 Å². The second-order valence-electron chi connectivity index (χ2n) is 2.66. The highest BCUT2D eigenvalue weighted by atomic mass is 32.2. The lowest BCUT2D eigenvalue weighted by molar-refractivity contribution is -0.106. The van der Waals surface area contributed by atoms with Crippen LogP contribution >= 0.6 is 23.1 Å². The largest absolute Gasteiger partial charge is 0.297 e. The Labute approximate surface area is 89.3 Å². The fourth-order valence-electron chi connectivity index (χ4n) is 1.06. The van der Waals surface area contributed by atoms with Gasteiger partial charge in [-0.1, -0.05) is 0 Å². The molecule has 1 aromatic heterocycles. The Morgan fingerprint density at radius 3 is 2.50 bits per heavy atom. The third-order valence-corrected chi connectivity index (χ3v) is 3.43. The molecule has 1 aliphatic heterocycles. The van der Waals surface area contributed by atoms with Gasteiger partial charge in [0.15, 0.2) is 6.29 Å². The number of carbonyl (C=O) groups excluding carboxylic acids is 2. The predicted molar refractivity (Wildman–Crippen MR) is 59.4 cm³/mol. The summed E-state index contributed by atoms with van der Waals surface area (Å²) < 4.78 is 0. The van der Waals surface area contributed by atoms with Gasteiger partial charge in [0.1, 0.15) is 0 Å². The minimum absolute atomic E-state index is 0.0587. The summed E-state index contributed by atoms with van der Waals surface area (Å²) >= 11 is 2.62. The molecule has 0 spiro atoms. The monoisotopic (exact) mass is 222 g/mol. The van der Waals surface area contributed by atoms with Gasteiger partial charge in [0.25, 0.3) is 0 Å². The first kappa shape index (κ1) is 9.43. The molecular weight excluding hydrogens is 216 g/mol. The average Bonchev–Trinajstić information content (AvgIpc) is 2.76. The zero-order valence-electron chi connectivity index (χ0n) is 7.10. The Kier molecular flexibility index (Phi) is 2.65. The molecule has 1 aliphatic rings. The van der Waals surface area contributed by atoms with Crippen LogP contribution in [0.25, 0.3) is 6.08 Å². The van der Waals surface area contributed by atoms with E-state index in [4.69, 9.17) is 0 Å². The number of aldehydes is 1. The van der Waals surface area contributed by atoms with E-state index in [1.54, 1.807) is 18.2 Å². The second kappa shape index (κ2) is 3.94. The molecule has 0 fully saturated rings. The highest BCUT2D eigenvalue weighted by Gasteiger charge is 2.09. The van der Waals surface area contributed by atoms with Gasteiger partial charge in [-0.3, -0.25) is 9.59 Å². The molecule has 70 valence electrons. The number of rotatable bonds is 2. The van der Waals surface area contributed by atoms with Crippen LogP contribution in [0.15, 0.2) is 29.2 Å². The summed E-state index contributed by atoms with van der Waals surface area (Å²) in [5.74, 6) is 0. The molecule has 0 N–H and O–H groups in total. The first-order chi connectivity index (χ1) is 6.78. The van der Waals surface area contributed by atoms with Crippen LogP contribution in [0.2, 0.25) is 0 Å². The van der Waals surface area contributed by atoms with Crippen LogP contribution < -0.4 is 0 Å². The molecule has 0 bridgehead atoms. The first-order valence-corrected chi connectivity index (χ1v) is 5.58. The molecule has 2 nitrogen and oxygen atoms in total. The maximum absolute atomic E-state index is 10.9. The van der Waals surface area contributed by atoms with Gasteiger partial charge in [-0.2, -0.15) is 0 Å². The Hall–Kier alpha value is -1.13. The number of carbonyl (C=O) groups is 2. The fourth-order valence-corrected chi connectivity index (χ4v) is 2.60. The number of thiophene rings is 1. The van der Waals surface area contributed by atoms with E-state index >= 15 is 0 Å². The molecule has 1 aromatic rings. The average molecular weight is 222 g/mol. The fraction of sp³-hybridized carbons (Fsp3) is 0. The van der Waals surface area contributed by atoms with E-state index in [0.29, 0.717) is 4.88 Å². The maximum atomic E-state index is 10.9. The van der Waals surface area contributed by atoms with Crippen molar-refractivity contribution in [1.29, 1.82) is 0 Å². The third-order valence-electron chi connectivity index (χ3n) is 1.65. The molecule has 2 rings (SSSR count). The number of hydrogen-bond donors (Lipinski definition) is 0. The van der Waals surface area contributed by atoms with Crippen molar-refractivity contribution in [1.82, 2.24) is 0 Å². The first-order valence-electron chi connectivity index (χ1n) is 3.94. The molecule has 2 heterocycles. The van der Waals surface area contributed by atoms with Gasteiger partial charge < -0.3 is 0 Å². The van der Waals surface area contributed by atoms with Gasteiger partial charge >= 0.3 is 0 Å². The van der Waals surface area contributed by atoms with Crippen LogP contribution in [-0.4, -0.2) is 11.4 Å². The summed E-state index contributed by atoms with van der Waals surface area (Å²) in [4.78, 5) is 23.9. The summed E-state index contributed by atoms with van der Waals surface area (Å²) in [5, 5.41) is 0.0587. The lowest BCUT2D eigenvalue weighted by Crippen LogP contribution is -1.73. The van der Waals surface area contributed by atoms with Crippen LogP contribution in [0.1, 0.15) is 14.5 Å². The Balaban J connectivity index is 2.21. The van der Waals surface area contributed by atoms with Gasteiger partial charge in [-0.15, -0.1) is 11.3 Å². The topological polar surface area (TPSA) is 34.1 Å². The molecule has 0 aromatic carbocycles. The minimum Gasteiger partial charge on any atom is -0.297 e. The number of hydrogen-bond acceptors (Lipinski definition) is 4. The van der Waals surface area contributed by atoms with Crippen molar-refractivity contribution in [2.24, 2.45) is 0 Å². The highest BCUT2D eigenvalue weighted by molar-refractivity contribution is 8.18. The molecule has 0 saturated carbocycles. The van der Waals surface area contributed by atoms with Crippen LogP contribution in [0, 0.1) is 0 Å². The van der Waals surface area contributed by atoms with Crippen molar-refractivity contribution in [3.05, 3.63) is 38.9 Å². The molecule has 0 saturated heterocycles. The lowest BCUT2D eigenvalue weighted by atomic mass is 10.4. The lowest BCUT2D eigenvalue weighted by Gasteiger charge is -1.88. The zero-order valence-corrected chi connectivity index (χ0v) is 8.73. The number of thioether (sulfide) groups is 1. The third kappa shape index (κ3) is 2.02. The van der Waals surface area contributed by atoms with Crippen LogP contribution in [-0.2, 0) is 4.79 Å². The van der Waals surface area contributed by atoms with E-state index in [1.165, 1.54) is 23.1 Å². The molecule has 0 amide bonds. The van der Waals surface area contributed by atoms with Gasteiger partial charge in [0.05, 0.1) is 4.88 Å². The highest BCUT2D eigenvalue weighted by Crippen LogP contribution is 2.29. The van der Waals surface area contributed by atoms with Gasteiger partial charge in [-0.05, 0) is 42.1 Å². The smallest absolute Gasteiger partial charge is 0.216 e. The second-order valence-corrected chi connectivity index (χ2v) is 4.88. The van der Waals surface area contributed by atoms with Crippen molar-refractivity contribution < 1.29 is 9.59 Å². The number of allylic oxidation sites excluding steroid dienone is 1. The molecule has 0 aliphatic carbocycles. The SMILES string of the molecule is O=Cc1ccc(/C=C2/C=CC(=O)S2)s1. The van der Waals surface area contributed by atoms with E-state index in [-0.39, 0.29) is 5.12 Å². The molecule has 0 unspecified atom stereocenters. The van der Waals surface area contributed by atoms with Crippen LogP contribution in [0.5, 0.6) is 0 Å². The van der Waals surface area contributed by atoms with Crippen molar-refractivity contribution in [2.75, 3.05) is 0 Å². The maximum Gasteiger partial charge on any atom is 0.216 e. The van der Waals surface area contributed by atoms with Crippen LogP contribution in [0.3, 0.4) is 0 Å². The van der Waals surface area contributed by atoms with E-state index in [9.17, 15) is 9.59 Å². The molecule has 14 heavy (non-hydrogen) atoms. The van der Waals surface area contributed by atoms with E-state index in [2.05, 4.69) is 0 Å². The molecule has 0 atom stereocenters.